The second-order valence-electron chi connectivity index (χ2n) is 3.43. The Morgan fingerprint density at radius 2 is 2.27 bits per heavy atom. The first-order valence-corrected chi connectivity index (χ1v) is 6.15. The average Bonchev–Trinajstić information content (AvgIpc) is 2.67. The molecule has 0 N–H and O–H groups in total. The van der Waals surface area contributed by atoms with Crippen molar-refractivity contribution in [3.63, 3.8) is 0 Å². The van der Waals surface area contributed by atoms with Gasteiger partial charge in [-0.2, -0.15) is 0 Å². The molecule has 0 bridgehead atoms. The zero-order valence-corrected chi connectivity index (χ0v) is 9.66. The lowest BCUT2D eigenvalue weighted by Gasteiger charge is -1.96. The van der Waals surface area contributed by atoms with Gasteiger partial charge in [-0.05, 0) is 19.2 Å². The number of aromatic nitrogens is 3. The van der Waals surface area contributed by atoms with Crippen molar-refractivity contribution in [1.82, 2.24) is 15.0 Å². The summed E-state index contributed by atoms with van der Waals surface area (Å²) in [6, 6.07) is 8.29. The van der Waals surface area contributed by atoms with Crippen LogP contribution in [0.5, 0.6) is 0 Å². The molecule has 0 aliphatic rings. The highest BCUT2D eigenvalue weighted by atomic mass is 32.2. The molecular formula is C11H13N3S. The van der Waals surface area contributed by atoms with E-state index in [1.165, 1.54) is 5.56 Å². The van der Waals surface area contributed by atoms with Gasteiger partial charge >= 0.3 is 0 Å². The maximum atomic E-state index is 4.15. The molecule has 2 rings (SSSR count). The summed E-state index contributed by atoms with van der Waals surface area (Å²) >= 11 is 1.73. The molecule has 3 nitrogen and oxygen atoms in total. The lowest BCUT2D eigenvalue weighted by atomic mass is 10.1. The molecule has 0 aliphatic carbocycles. The third-order valence-corrected chi connectivity index (χ3v) is 2.64. The maximum Gasteiger partial charge on any atom is 0.113 e. The van der Waals surface area contributed by atoms with E-state index >= 15 is 0 Å². The molecule has 0 amide bonds. The summed E-state index contributed by atoms with van der Waals surface area (Å²) in [5.74, 6) is 0.846. The Morgan fingerprint density at radius 3 is 3.00 bits per heavy atom. The van der Waals surface area contributed by atoms with Crippen molar-refractivity contribution in [2.45, 2.75) is 12.8 Å². The molecule has 0 unspecified atom stereocenters. The van der Waals surface area contributed by atoms with Crippen LogP contribution in [-0.4, -0.2) is 21.2 Å². The Balaban J connectivity index is 2.29. The van der Waals surface area contributed by atoms with Crippen LogP contribution in [0.25, 0.3) is 11.3 Å². The Morgan fingerprint density at radius 1 is 1.40 bits per heavy atom. The van der Waals surface area contributed by atoms with Gasteiger partial charge in [0.25, 0.3) is 0 Å². The van der Waals surface area contributed by atoms with E-state index in [2.05, 4.69) is 35.4 Å². The fourth-order valence-electron chi connectivity index (χ4n) is 1.43. The topological polar surface area (TPSA) is 30.7 Å². The van der Waals surface area contributed by atoms with E-state index in [0.717, 1.165) is 17.1 Å². The van der Waals surface area contributed by atoms with Gasteiger partial charge in [0, 0.05) is 5.56 Å². The molecule has 0 atom stereocenters. The minimum atomic E-state index is 0.846. The van der Waals surface area contributed by atoms with Crippen LogP contribution < -0.4 is 0 Å². The van der Waals surface area contributed by atoms with Gasteiger partial charge in [-0.1, -0.05) is 29.0 Å². The molecule has 1 aromatic heterocycles. The third-order valence-electron chi connectivity index (χ3n) is 2.11. The average molecular weight is 219 g/mol. The Labute approximate surface area is 93.5 Å². The molecule has 0 aliphatic heterocycles. The summed E-state index contributed by atoms with van der Waals surface area (Å²) in [6.45, 7) is 2.08. The first-order chi connectivity index (χ1) is 7.29. The van der Waals surface area contributed by atoms with E-state index in [9.17, 15) is 0 Å². The minimum Gasteiger partial charge on any atom is -0.242 e. The molecule has 78 valence electrons. The summed E-state index contributed by atoms with van der Waals surface area (Å²) in [4.78, 5) is 0. The Hall–Kier alpha value is -1.29. The summed E-state index contributed by atoms with van der Waals surface area (Å²) in [7, 11) is 0. The van der Waals surface area contributed by atoms with E-state index in [4.69, 9.17) is 0 Å². The fourth-order valence-corrected chi connectivity index (χ4v) is 1.82. The quantitative estimate of drug-likeness (QED) is 0.795. The molecule has 2 aromatic rings. The lowest BCUT2D eigenvalue weighted by Crippen LogP contribution is -1.93. The first-order valence-electron chi connectivity index (χ1n) is 4.75. The number of aryl methyl sites for hydroxylation is 1. The molecule has 4 heteroatoms. The van der Waals surface area contributed by atoms with Gasteiger partial charge in [0.1, 0.15) is 5.69 Å². The van der Waals surface area contributed by atoms with Crippen LogP contribution in [0.15, 0.2) is 30.5 Å². The standard InChI is InChI=1S/C11H13N3S/c1-9-4-3-5-10(6-9)11-7-14(8-15-2)13-12-11/h3-7H,8H2,1-2H3. The van der Waals surface area contributed by atoms with Gasteiger partial charge in [0.15, 0.2) is 0 Å². The van der Waals surface area contributed by atoms with Gasteiger partial charge in [-0.15, -0.1) is 16.9 Å². The highest BCUT2D eigenvalue weighted by Gasteiger charge is 2.02. The Kier molecular flexibility index (Phi) is 3.06. The van der Waals surface area contributed by atoms with Gasteiger partial charge in [0.2, 0.25) is 0 Å². The van der Waals surface area contributed by atoms with E-state index in [1.807, 2.05) is 23.2 Å². The van der Waals surface area contributed by atoms with Gasteiger partial charge in [-0.3, -0.25) is 0 Å². The molecule has 0 spiro atoms. The van der Waals surface area contributed by atoms with Crippen molar-refractivity contribution in [2.75, 3.05) is 6.26 Å². The van der Waals surface area contributed by atoms with E-state index in [-0.39, 0.29) is 0 Å². The zero-order valence-electron chi connectivity index (χ0n) is 8.84. The molecule has 0 fully saturated rings. The van der Waals surface area contributed by atoms with Crippen molar-refractivity contribution in [3.05, 3.63) is 36.0 Å². The molecule has 0 radical (unpaired) electrons. The second kappa shape index (κ2) is 4.49. The predicted molar refractivity (Wildman–Crippen MR) is 63.7 cm³/mol. The number of hydrogen-bond acceptors (Lipinski definition) is 3. The summed E-state index contributed by atoms with van der Waals surface area (Å²) < 4.78 is 1.85. The molecule has 0 saturated heterocycles. The number of rotatable bonds is 3. The molecular weight excluding hydrogens is 206 g/mol. The summed E-state index contributed by atoms with van der Waals surface area (Å²) in [5.41, 5.74) is 3.31. The molecule has 1 heterocycles. The van der Waals surface area contributed by atoms with Crippen LogP contribution in [-0.2, 0) is 5.88 Å². The van der Waals surface area contributed by atoms with Crippen molar-refractivity contribution >= 4 is 11.8 Å². The SMILES string of the molecule is CSCn1cc(-c2cccc(C)c2)nn1. The van der Waals surface area contributed by atoms with Gasteiger partial charge in [0.05, 0.1) is 12.1 Å². The fraction of sp³-hybridized carbons (Fsp3) is 0.273. The Bertz CT molecular complexity index is 451. The van der Waals surface area contributed by atoms with Crippen LogP contribution in [0.3, 0.4) is 0 Å². The first kappa shape index (κ1) is 10.2. The van der Waals surface area contributed by atoms with Crippen LogP contribution in [0.1, 0.15) is 5.56 Å². The monoisotopic (exact) mass is 219 g/mol. The maximum absolute atomic E-state index is 4.15. The van der Waals surface area contributed by atoms with E-state index in [0.29, 0.717) is 0 Å². The zero-order chi connectivity index (χ0) is 10.7. The van der Waals surface area contributed by atoms with E-state index in [1.54, 1.807) is 11.8 Å². The number of nitrogens with zero attached hydrogens (tertiary/aromatic N) is 3. The normalized spacial score (nSPS) is 10.5. The van der Waals surface area contributed by atoms with Gasteiger partial charge < -0.3 is 0 Å². The van der Waals surface area contributed by atoms with Crippen LogP contribution in [0, 0.1) is 6.92 Å². The molecule has 15 heavy (non-hydrogen) atoms. The van der Waals surface area contributed by atoms with Crippen LogP contribution in [0.2, 0.25) is 0 Å². The largest absolute Gasteiger partial charge is 0.242 e. The molecule has 1 aromatic carbocycles. The smallest absolute Gasteiger partial charge is 0.113 e. The highest BCUT2D eigenvalue weighted by Crippen LogP contribution is 2.17. The van der Waals surface area contributed by atoms with Crippen molar-refractivity contribution in [2.24, 2.45) is 0 Å². The lowest BCUT2D eigenvalue weighted by molar-refractivity contribution is 0.702. The highest BCUT2D eigenvalue weighted by molar-refractivity contribution is 7.97. The van der Waals surface area contributed by atoms with Crippen LogP contribution >= 0.6 is 11.8 Å². The number of hydrogen-bond donors (Lipinski definition) is 0. The predicted octanol–water partition coefficient (Wildman–Crippen LogP) is 2.57. The van der Waals surface area contributed by atoms with Crippen molar-refractivity contribution in [3.8, 4) is 11.3 Å². The van der Waals surface area contributed by atoms with Gasteiger partial charge in [-0.25, -0.2) is 4.68 Å². The number of thioether (sulfide) groups is 1. The minimum absolute atomic E-state index is 0.846. The van der Waals surface area contributed by atoms with Crippen LogP contribution in [0.4, 0.5) is 0 Å². The summed E-state index contributed by atoms with van der Waals surface area (Å²) in [5, 5.41) is 8.20. The number of benzene rings is 1. The molecule has 0 saturated carbocycles. The van der Waals surface area contributed by atoms with Crippen molar-refractivity contribution in [1.29, 1.82) is 0 Å². The summed E-state index contributed by atoms with van der Waals surface area (Å²) in [6.07, 6.45) is 4.03. The van der Waals surface area contributed by atoms with Crippen molar-refractivity contribution < 1.29 is 0 Å². The second-order valence-corrected chi connectivity index (χ2v) is 4.27. The third kappa shape index (κ3) is 2.39. The van der Waals surface area contributed by atoms with E-state index < -0.39 is 0 Å².